The molecule has 0 heterocycles. The summed E-state index contributed by atoms with van der Waals surface area (Å²) in [5.41, 5.74) is -0.0445. The Morgan fingerprint density at radius 2 is 1.91 bits per heavy atom. The first-order chi connectivity index (χ1) is 11.0. The fraction of sp³-hybridized carbons (Fsp3) is 0.438. The van der Waals surface area contributed by atoms with E-state index in [1.54, 1.807) is 6.07 Å². The summed E-state index contributed by atoms with van der Waals surface area (Å²) in [6.07, 6.45) is 0.526. The molecule has 1 aromatic rings. The molecule has 0 aliphatic heterocycles. The number of methoxy groups -OCH3 is 1. The molecule has 0 saturated heterocycles. The lowest BCUT2D eigenvalue weighted by atomic mass is 10.1. The Morgan fingerprint density at radius 1 is 1.22 bits per heavy atom. The number of hydrogen-bond acceptors (Lipinski definition) is 4. The summed E-state index contributed by atoms with van der Waals surface area (Å²) in [6, 6.07) is 5.69. The molecule has 0 atom stereocenters. The van der Waals surface area contributed by atoms with E-state index in [2.05, 4.69) is 10.1 Å². The smallest absolute Gasteiger partial charge is 0.307 e. The first kappa shape index (κ1) is 18.6. The van der Waals surface area contributed by atoms with Crippen LogP contribution in [0.3, 0.4) is 0 Å². The van der Waals surface area contributed by atoms with Crippen molar-refractivity contribution in [1.82, 2.24) is 10.2 Å². The lowest BCUT2D eigenvalue weighted by Gasteiger charge is -2.22. The molecule has 126 valence electrons. The molecule has 0 saturated carbocycles. The topological polar surface area (TPSA) is 75.7 Å². The van der Waals surface area contributed by atoms with E-state index in [-0.39, 0.29) is 24.4 Å². The number of amides is 2. The van der Waals surface area contributed by atoms with Gasteiger partial charge in [0.1, 0.15) is 5.82 Å². The number of halogens is 1. The van der Waals surface area contributed by atoms with Gasteiger partial charge in [-0.3, -0.25) is 14.4 Å². The van der Waals surface area contributed by atoms with Gasteiger partial charge in [-0.15, -0.1) is 0 Å². The van der Waals surface area contributed by atoms with Crippen molar-refractivity contribution in [3.63, 3.8) is 0 Å². The molecular formula is C16H21FN2O4. The average Bonchev–Trinajstić information content (AvgIpc) is 2.53. The molecule has 1 aromatic carbocycles. The number of hydrogen-bond donors (Lipinski definition) is 1. The van der Waals surface area contributed by atoms with Crippen LogP contribution in [0.15, 0.2) is 24.3 Å². The van der Waals surface area contributed by atoms with Crippen LogP contribution in [0.2, 0.25) is 0 Å². The maximum Gasteiger partial charge on any atom is 0.307 e. The summed E-state index contributed by atoms with van der Waals surface area (Å²) < 4.78 is 18.3. The zero-order valence-corrected chi connectivity index (χ0v) is 13.3. The summed E-state index contributed by atoms with van der Waals surface area (Å²) in [6.45, 7) is 2.22. The molecule has 1 rings (SSSR count). The predicted octanol–water partition coefficient (Wildman–Crippen LogP) is 1.36. The van der Waals surface area contributed by atoms with Gasteiger partial charge in [-0.25, -0.2) is 4.39 Å². The summed E-state index contributed by atoms with van der Waals surface area (Å²) in [7, 11) is 1.27. The number of nitrogens with one attached hydrogen (secondary N) is 1. The van der Waals surface area contributed by atoms with Crippen molar-refractivity contribution in [2.75, 3.05) is 26.7 Å². The van der Waals surface area contributed by atoms with Crippen molar-refractivity contribution >= 4 is 17.8 Å². The van der Waals surface area contributed by atoms with E-state index < -0.39 is 17.7 Å². The first-order valence-electron chi connectivity index (χ1n) is 7.30. The van der Waals surface area contributed by atoms with Crippen LogP contribution in [0.5, 0.6) is 0 Å². The Kier molecular flexibility index (Phi) is 7.73. The number of carbonyl (C=O) groups excluding carboxylic acids is 3. The van der Waals surface area contributed by atoms with Gasteiger partial charge in [-0.05, 0) is 18.6 Å². The fourth-order valence-electron chi connectivity index (χ4n) is 1.98. The number of ether oxygens (including phenoxy) is 1. The molecule has 0 aliphatic rings. The average molecular weight is 324 g/mol. The molecule has 0 radical (unpaired) electrons. The molecule has 0 bridgehead atoms. The number of benzene rings is 1. The molecule has 0 unspecified atom stereocenters. The van der Waals surface area contributed by atoms with Crippen LogP contribution in [-0.2, 0) is 14.3 Å². The molecule has 0 aromatic heterocycles. The van der Waals surface area contributed by atoms with Crippen molar-refractivity contribution in [2.24, 2.45) is 0 Å². The normalized spacial score (nSPS) is 10.0. The Balaban J connectivity index is 2.72. The summed E-state index contributed by atoms with van der Waals surface area (Å²) in [4.78, 5) is 35.9. The molecule has 1 N–H and O–H groups in total. The number of nitrogens with zero attached hydrogens (tertiary/aromatic N) is 1. The fourth-order valence-corrected chi connectivity index (χ4v) is 1.98. The maximum atomic E-state index is 13.8. The minimum atomic E-state index is -0.609. The molecule has 0 spiro atoms. The van der Waals surface area contributed by atoms with Crippen molar-refractivity contribution in [2.45, 2.75) is 19.8 Å². The van der Waals surface area contributed by atoms with Gasteiger partial charge in [0, 0.05) is 26.6 Å². The van der Waals surface area contributed by atoms with Crippen LogP contribution >= 0.6 is 0 Å². The van der Waals surface area contributed by atoms with Crippen LogP contribution in [-0.4, -0.2) is 49.4 Å². The highest BCUT2D eigenvalue weighted by molar-refractivity contribution is 5.94. The van der Waals surface area contributed by atoms with E-state index in [4.69, 9.17) is 0 Å². The Bertz CT molecular complexity index is 563. The maximum absolute atomic E-state index is 13.8. The minimum absolute atomic E-state index is 0.0246. The molecule has 0 fully saturated rings. The van der Waals surface area contributed by atoms with Crippen molar-refractivity contribution in [3.05, 3.63) is 35.6 Å². The van der Waals surface area contributed by atoms with Gasteiger partial charge < -0.3 is 15.0 Å². The SMILES string of the molecule is COC(=O)CCN(CCCNC(C)=O)C(=O)c1ccccc1F. The van der Waals surface area contributed by atoms with Gasteiger partial charge in [0.05, 0.1) is 19.1 Å². The van der Waals surface area contributed by atoms with E-state index >= 15 is 0 Å². The zero-order valence-electron chi connectivity index (χ0n) is 13.3. The van der Waals surface area contributed by atoms with Gasteiger partial charge in [-0.2, -0.15) is 0 Å². The van der Waals surface area contributed by atoms with Crippen LogP contribution in [0.25, 0.3) is 0 Å². The van der Waals surface area contributed by atoms with Gasteiger partial charge in [0.2, 0.25) is 5.91 Å². The third-order valence-corrected chi connectivity index (χ3v) is 3.18. The van der Waals surface area contributed by atoms with Gasteiger partial charge in [0.15, 0.2) is 0 Å². The molecular weight excluding hydrogens is 303 g/mol. The van der Waals surface area contributed by atoms with Crippen LogP contribution < -0.4 is 5.32 Å². The Hall–Kier alpha value is -2.44. The Labute approximate surface area is 134 Å². The van der Waals surface area contributed by atoms with E-state index in [0.717, 1.165) is 0 Å². The largest absolute Gasteiger partial charge is 0.469 e. The van der Waals surface area contributed by atoms with Gasteiger partial charge in [-0.1, -0.05) is 12.1 Å². The molecule has 7 heteroatoms. The lowest BCUT2D eigenvalue weighted by Crippen LogP contribution is -2.36. The van der Waals surface area contributed by atoms with Crippen LogP contribution in [0.1, 0.15) is 30.1 Å². The second-order valence-corrected chi connectivity index (χ2v) is 4.93. The lowest BCUT2D eigenvalue weighted by molar-refractivity contribution is -0.140. The first-order valence-corrected chi connectivity index (χ1v) is 7.30. The van der Waals surface area contributed by atoms with E-state index in [9.17, 15) is 18.8 Å². The van der Waals surface area contributed by atoms with Crippen molar-refractivity contribution in [1.29, 1.82) is 0 Å². The highest BCUT2D eigenvalue weighted by Crippen LogP contribution is 2.11. The molecule has 6 nitrogen and oxygen atoms in total. The summed E-state index contributed by atoms with van der Waals surface area (Å²) in [5, 5.41) is 2.62. The monoisotopic (exact) mass is 324 g/mol. The Morgan fingerprint density at radius 3 is 2.52 bits per heavy atom. The van der Waals surface area contributed by atoms with Crippen LogP contribution in [0, 0.1) is 5.82 Å². The number of rotatable bonds is 8. The summed E-state index contributed by atoms with van der Waals surface area (Å²) in [5.74, 6) is -1.71. The van der Waals surface area contributed by atoms with E-state index in [1.165, 1.54) is 37.1 Å². The van der Waals surface area contributed by atoms with Gasteiger partial charge in [0.25, 0.3) is 5.91 Å². The van der Waals surface area contributed by atoms with E-state index in [1.807, 2.05) is 0 Å². The van der Waals surface area contributed by atoms with Crippen molar-refractivity contribution in [3.8, 4) is 0 Å². The third kappa shape index (κ3) is 6.46. The van der Waals surface area contributed by atoms with Gasteiger partial charge >= 0.3 is 5.97 Å². The number of carbonyl (C=O) groups is 3. The highest BCUT2D eigenvalue weighted by Gasteiger charge is 2.19. The van der Waals surface area contributed by atoms with Crippen LogP contribution in [0.4, 0.5) is 4.39 Å². The second-order valence-electron chi connectivity index (χ2n) is 4.93. The summed E-state index contributed by atoms with van der Waals surface area (Å²) >= 11 is 0. The molecule has 0 aliphatic carbocycles. The van der Waals surface area contributed by atoms with E-state index in [0.29, 0.717) is 19.5 Å². The highest BCUT2D eigenvalue weighted by atomic mass is 19.1. The second kappa shape index (κ2) is 9.55. The van der Waals surface area contributed by atoms with Crippen molar-refractivity contribution < 1.29 is 23.5 Å². The zero-order chi connectivity index (χ0) is 17.2. The minimum Gasteiger partial charge on any atom is -0.469 e. The number of esters is 1. The predicted molar refractivity (Wildman–Crippen MR) is 82.2 cm³/mol. The standard InChI is InChI=1S/C16H21FN2O4/c1-12(20)18-9-5-10-19(11-8-15(21)23-2)16(22)13-6-3-4-7-14(13)17/h3-4,6-7H,5,8-11H2,1-2H3,(H,18,20). The molecule has 23 heavy (non-hydrogen) atoms. The third-order valence-electron chi connectivity index (χ3n) is 3.18. The molecule has 2 amide bonds. The quantitative estimate of drug-likeness (QED) is 0.579.